The number of carbonyl (C=O) groups excluding carboxylic acids is 1. The van der Waals surface area contributed by atoms with Crippen molar-refractivity contribution in [3.63, 3.8) is 0 Å². The van der Waals surface area contributed by atoms with Gasteiger partial charge in [0.25, 0.3) is 0 Å². The van der Waals surface area contributed by atoms with Gasteiger partial charge >= 0.3 is 0 Å². The third-order valence-corrected chi connectivity index (χ3v) is 5.11. The molecule has 0 saturated heterocycles. The van der Waals surface area contributed by atoms with Crippen molar-refractivity contribution in [1.82, 2.24) is 5.32 Å². The Hall–Kier alpha value is -3.01. The second kappa shape index (κ2) is 8.34. The molecule has 0 saturated carbocycles. The highest BCUT2D eigenvalue weighted by Gasteiger charge is 2.18. The van der Waals surface area contributed by atoms with Crippen molar-refractivity contribution in [1.29, 1.82) is 0 Å². The summed E-state index contributed by atoms with van der Waals surface area (Å²) in [6, 6.07) is 12.3. The number of carbonyl (C=O) groups is 1. The minimum Gasteiger partial charge on any atom is -0.496 e. The first-order chi connectivity index (χ1) is 13.5. The van der Waals surface area contributed by atoms with Crippen molar-refractivity contribution < 1.29 is 13.9 Å². The van der Waals surface area contributed by atoms with Crippen LogP contribution in [0.3, 0.4) is 0 Å². The normalized spacial score (nSPS) is 12.8. The average Bonchev–Trinajstić information content (AvgIpc) is 3.12. The van der Waals surface area contributed by atoms with Crippen molar-refractivity contribution in [2.24, 2.45) is 0 Å². The molecule has 3 rings (SSSR count). The van der Waals surface area contributed by atoms with Crippen molar-refractivity contribution >= 4 is 22.4 Å². The molecule has 1 unspecified atom stereocenters. The molecule has 28 heavy (non-hydrogen) atoms. The van der Waals surface area contributed by atoms with Crippen LogP contribution in [-0.4, -0.2) is 19.1 Å². The van der Waals surface area contributed by atoms with Crippen LogP contribution in [0.2, 0.25) is 0 Å². The third kappa shape index (κ3) is 3.81. The molecule has 0 aliphatic heterocycles. The molecule has 0 spiro atoms. The summed E-state index contributed by atoms with van der Waals surface area (Å²) < 4.78 is 11.6. The number of fused-ring (bicyclic) bond motifs is 1. The summed E-state index contributed by atoms with van der Waals surface area (Å²) in [4.78, 5) is 12.3. The van der Waals surface area contributed by atoms with Gasteiger partial charge in [-0.2, -0.15) is 0 Å². The summed E-state index contributed by atoms with van der Waals surface area (Å²) in [5.41, 5.74) is 5.59. The van der Waals surface area contributed by atoms with Crippen molar-refractivity contribution in [2.75, 3.05) is 7.11 Å². The molecule has 0 bridgehead atoms. The minimum absolute atomic E-state index is 0.0953. The highest BCUT2D eigenvalue weighted by atomic mass is 16.5. The van der Waals surface area contributed by atoms with E-state index in [0.29, 0.717) is 0 Å². The first-order valence-electron chi connectivity index (χ1n) is 9.59. The zero-order chi connectivity index (χ0) is 20.3. The highest BCUT2D eigenvalue weighted by Crippen LogP contribution is 2.40. The lowest BCUT2D eigenvalue weighted by atomic mass is 9.96. The lowest BCUT2D eigenvalue weighted by Gasteiger charge is -2.14. The lowest BCUT2D eigenvalue weighted by Crippen LogP contribution is -2.30. The predicted octanol–water partition coefficient (Wildman–Crippen LogP) is 5.73. The second-order valence-corrected chi connectivity index (χ2v) is 7.12. The Kier molecular flexibility index (Phi) is 5.88. The lowest BCUT2D eigenvalue weighted by molar-refractivity contribution is -0.117. The standard InChI is InChI=1S/C24H27NO3/c1-6-16(3)25-22(26)12-15(2)19-13-20-21(18-10-8-7-9-11-18)14-28-24(20)17(4)23(19)27-5/h7-14,16H,6H2,1-5H3,(H,25,26)/b15-12+. The molecule has 146 valence electrons. The van der Waals surface area contributed by atoms with E-state index in [1.807, 2.05) is 45.9 Å². The molecule has 0 aliphatic carbocycles. The van der Waals surface area contributed by atoms with Crippen LogP contribution in [0.1, 0.15) is 38.3 Å². The third-order valence-electron chi connectivity index (χ3n) is 5.11. The Bertz CT molecular complexity index is 1020. The van der Waals surface area contributed by atoms with E-state index < -0.39 is 0 Å². The van der Waals surface area contributed by atoms with Crippen molar-refractivity contribution in [2.45, 2.75) is 40.2 Å². The number of nitrogens with one attached hydrogen (secondary N) is 1. The second-order valence-electron chi connectivity index (χ2n) is 7.12. The van der Waals surface area contributed by atoms with Gasteiger partial charge in [0, 0.05) is 34.2 Å². The Morgan fingerprint density at radius 1 is 1.29 bits per heavy atom. The number of methoxy groups -OCH3 is 1. The molecule has 3 aromatic rings. The van der Waals surface area contributed by atoms with Gasteiger partial charge in [0.2, 0.25) is 5.91 Å². The summed E-state index contributed by atoms with van der Waals surface area (Å²) in [6.07, 6.45) is 4.31. The Balaban J connectivity index is 2.12. The number of furan rings is 1. The maximum Gasteiger partial charge on any atom is 0.244 e. The number of ether oxygens (including phenoxy) is 1. The van der Waals surface area contributed by atoms with Crippen LogP contribution in [0.25, 0.3) is 27.7 Å². The fraction of sp³-hybridized carbons (Fsp3) is 0.292. The molecule has 0 fully saturated rings. The van der Waals surface area contributed by atoms with Gasteiger partial charge in [-0.15, -0.1) is 0 Å². The van der Waals surface area contributed by atoms with E-state index in [2.05, 4.69) is 23.5 Å². The van der Waals surface area contributed by atoms with Gasteiger partial charge in [-0.1, -0.05) is 37.3 Å². The molecule has 0 radical (unpaired) electrons. The molecule has 0 aliphatic rings. The predicted molar refractivity (Wildman–Crippen MR) is 114 cm³/mol. The van der Waals surface area contributed by atoms with Crippen LogP contribution in [-0.2, 0) is 4.79 Å². The molecular weight excluding hydrogens is 350 g/mol. The van der Waals surface area contributed by atoms with E-state index >= 15 is 0 Å². The summed E-state index contributed by atoms with van der Waals surface area (Å²) in [6.45, 7) is 7.96. The van der Waals surface area contributed by atoms with Gasteiger partial charge in [0.05, 0.1) is 13.4 Å². The largest absolute Gasteiger partial charge is 0.496 e. The van der Waals surface area contributed by atoms with Crippen molar-refractivity contribution in [3.8, 4) is 16.9 Å². The maximum atomic E-state index is 12.3. The van der Waals surface area contributed by atoms with E-state index in [1.165, 1.54) is 0 Å². The summed E-state index contributed by atoms with van der Waals surface area (Å²) >= 11 is 0. The van der Waals surface area contributed by atoms with E-state index in [1.54, 1.807) is 19.4 Å². The van der Waals surface area contributed by atoms with E-state index in [9.17, 15) is 4.79 Å². The number of aryl methyl sites for hydroxylation is 1. The van der Waals surface area contributed by atoms with Gasteiger partial charge in [-0.3, -0.25) is 4.79 Å². The van der Waals surface area contributed by atoms with E-state index in [0.717, 1.165) is 51.0 Å². The molecule has 4 nitrogen and oxygen atoms in total. The molecule has 2 aromatic carbocycles. The zero-order valence-electron chi connectivity index (χ0n) is 17.1. The highest BCUT2D eigenvalue weighted by molar-refractivity contribution is 6.01. The van der Waals surface area contributed by atoms with Gasteiger partial charge < -0.3 is 14.5 Å². The van der Waals surface area contributed by atoms with E-state index in [4.69, 9.17) is 9.15 Å². The van der Waals surface area contributed by atoms with Crippen LogP contribution in [0.4, 0.5) is 0 Å². The van der Waals surface area contributed by atoms with Crippen LogP contribution in [0.5, 0.6) is 5.75 Å². The monoisotopic (exact) mass is 377 g/mol. The van der Waals surface area contributed by atoms with Crippen LogP contribution in [0.15, 0.2) is 53.2 Å². The molecule has 1 atom stereocenters. The molecule has 4 heteroatoms. The number of allylic oxidation sites excluding steroid dienone is 1. The smallest absolute Gasteiger partial charge is 0.244 e. The number of rotatable bonds is 6. The Morgan fingerprint density at radius 2 is 2.00 bits per heavy atom. The Labute approximate surface area is 166 Å². The average molecular weight is 377 g/mol. The quantitative estimate of drug-likeness (QED) is 0.558. The van der Waals surface area contributed by atoms with Crippen molar-refractivity contribution in [3.05, 3.63) is 59.9 Å². The maximum absolute atomic E-state index is 12.3. The van der Waals surface area contributed by atoms with Crippen LogP contribution in [0, 0.1) is 6.92 Å². The summed E-state index contributed by atoms with van der Waals surface area (Å²) in [5.74, 6) is 0.633. The van der Waals surface area contributed by atoms with Gasteiger partial charge in [-0.25, -0.2) is 0 Å². The number of hydrogen-bond acceptors (Lipinski definition) is 3. The molecule has 1 N–H and O–H groups in total. The first kappa shape index (κ1) is 19.7. The first-order valence-corrected chi connectivity index (χ1v) is 9.59. The number of hydrogen-bond donors (Lipinski definition) is 1. The molecule has 1 heterocycles. The molecule has 1 amide bonds. The minimum atomic E-state index is -0.0953. The van der Waals surface area contributed by atoms with Crippen LogP contribution < -0.4 is 10.1 Å². The number of benzene rings is 2. The van der Waals surface area contributed by atoms with Gasteiger partial charge in [0.1, 0.15) is 11.3 Å². The zero-order valence-corrected chi connectivity index (χ0v) is 17.1. The van der Waals surface area contributed by atoms with E-state index in [-0.39, 0.29) is 11.9 Å². The fourth-order valence-electron chi connectivity index (χ4n) is 3.37. The summed E-state index contributed by atoms with van der Waals surface area (Å²) in [5, 5.41) is 3.99. The fourth-order valence-corrected chi connectivity index (χ4v) is 3.37. The van der Waals surface area contributed by atoms with Gasteiger partial charge in [0.15, 0.2) is 0 Å². The topological polar surface area (TPSA) is 51.5 Å². The van der Waals surface area contributed by atoms with Gasteiger partial charge in [-0.05, 0) is 44.4 Å². The summed E-state index contributed by atoms with van der Waals surface area (Å²) in [7, 11) is 1.64. The SMILES string of the molecule is CCC(C)NC(=O)/C=C(\C)c1cc2c(-c3ccccc3)coc2c(C)c1OC. The Morgan fingerprint density at radius 3 is 2.64 bits per heavy atom. The van der Waals surface area contributed by atoms with Crippen LogP contribution >= 0.6 is 0 Å². The molecular formula is C24H27NO3. The number of amides is 1. The molecule has 1 aromatic heterocycles.